The summed E-state index contributed by atoms with van der Waals surface area (Å²) in [5.41, 5.74) is 2.70. The van der Waals surface area contributed by atoms with Gasteiger partial charge in [-0.2, -0.15) is 5.26 Å². The fraction of sp³-hybridized carbons (Fsp3) is 0.333. The lowest BCUT2D eigenvalue weighted by molar-refractivity contribution is 0.0760. The van der Waals surface area contributed by atoms with Crippen LogP contribution in [0.25, 0.3) is 10.9 Å². The molecule has 1 aliphatic carbocycles. The maximum absolute atomic E-state index is 12.4. The normalized spacial score (nSPS) is 14.3. The average molecular weight is 253 g/mol. The maximum Gasteiger partial charge on any atom is 0.271 e. The minimum atomic E-state index is -0.0714. The molecule has 0 spiro atoms. The van der Waals surface area contributed by atoms with E-state index in [1.807, 2.05) is 31.2 Å². The Morgan fingerprint density at radius 1 is 1.47 bits per heavy atom. The van der Waals surface area contributed by atoms with Crippen LogP contribution >= 0.6 is 0 Å². The second-order valence-corrected chi connectivity index (χ2v) is 5.10. The molecule has 1 aromatic carbocycles. The van der Waals surface area contributed by atoms with Gasteiger partial charge in [-0.05, 0) is 37.5 Å². The molecule has 0 bridgehead atoms. The Kier molecular flexibility index (Phi) is 2.75. The quantitative estimate of drug-likeness (QED) is 0.855. The van der Waals surface area contributed by atoms with E-state index in [2.05, 4.69) is 11.1 Å². The molecule has 96 valence electrons. The summed E-state index contributed by atoms with van der Waals surface area (Å²) < 4.78 is 0. The van der Waals surface area contributed by atoms with Gasteiger partial charge in [0.25, 0.3) is 5.91 Å². The number of amides is 1. The van der Waals surface area contributed by atoms with Crippen LogP contribution in [0.3, 0.4) is 0 Å². The van der Waals surface area contributed by atoms with Crippen LogP contribution in [0.1, 0.15) is 28.9 Å². The highest BCUT2D eigenvalue weighted by Gasteiger charge is 2.33. The van der Waals surface area contributed by atoms with Gasteiger partial charge in [-0.15, -0.1) is 0 Å². The molecule has 0 atom stereocenters. The summed E-state index contributed by atoms with van der Waals surface area (Å²) >= 11 is 0. The number of aromatic amines is 1. The fourth-order valence-electron chi connectivity index (χ4n) is 2.34. The van der Waals surface area contributed by atoms with E-state index in [4.69, 9.17) is 5.26 Å². The van der Waals surface area contributed by atoms with Crippen molar-refractivity contribution in [3.05, 3.63) is 35.5 Å². The smallest absolute Gasteiger partial charge is 0.271 e. The van der Waals surface area contributed by atoms with Gasteiger partial charge in [0.15, 0.2) is 0 Å². The molecule has 19 heavy (non-hydrogen) atoms. The highest BCUT2D eigenvalue weighted by atomic mass is 16.2. The van der Waals surface area contributed by atoms with Crippen molar-refractivity contribution >= 4 is 16.8 Å². The van der Waals surface area contributed by atoms with E-state index in [0.717, 1.165) is 29.3 Å². The summed E-state index contributed by atoms with van der Waals surface area (Å²) in [4.78, 5) is 17.2. The van der Waals surface area contributed by atoms with E-state index in [1.165, 1.54) is 0 Å². The number of rotatable bonds is 3. The zero-order chi connectivity index (χ0) is 13.4. The van der Waals surface area contributed by atoms with Crippen LogP contribution in [0.15, 0.2) is 24.3 Å². The molecule has 4 heteroatoms. The van der Waals surface area contributed by atoms with Crippen molar-refractivity contribution in [3.63, 3.8) is 0 Å². The molecule has 1 aromatic heterocycles. The van der Waals surface area contributed by atoms with Gasteiger partial charge in [-0.1, -0.05) is 12.1 Å². The van der Waals surface area contributed by atoms with Crippen LogP contribution in [-0.4, -0.2) is 28.4 Å². The molecular weight excluding hydrogens is 238 g/mol. The lowest BCUT2D eigenvalue weighted by atomic mass is 10.2. The number of hydrogen-bond acceptors (Lipinski definition) is 2. The second kappa shape index (κ2) is 4.43. The first-order valence-corrected chi connectivity index (χ1v) is 6.46. The molecule has 1 N–H and O–H groups in total. The SMILES string of the molecule is Cc1ccc2cc(C(=O)N(CC#N)C3CC3)[nH]c2c1. The first-order chi connectivity index (χ1) is 9.19. The number of nitriles is 1. The highest BCUT2D eigenvalue weighted by Crippen LogP contribution is 2.28. The number of hydrogen-bond donors (Lipinski definition) is 1. The number of fused-ring (bicyclic) bond motifs is 1. The van der Waals surface area contributed by atoms with Crippen molar-refractivity contribution in [3.8, 4) is 6.07 Å². The first-order valence-electron chi connectivity index (χ1n) is 6.46. The molecule has 1 aliphatic rings. The first kappa shape index (κ1) is 11.8. The van der Waals surface area contributed by atoms with Crippen LogP contribution < -0.4 is 0 Å². The molecule has 4 nitrogen and oxygen atoms in total. The Morgan fingerprint density at radius 3 is 2.95 bits per heavy atom. The molecule has 1 heterocycles. The molecular formula is C15H15N3O. The van der Waals surface area contributed by atoms with Gasteiger partial charge in [0.2, 0.25) is 0 Å². The van der Waals surface area contributed by atoms with Crippen molar-refractivity contribution in [1.82, 2.24) is 9.88 Å². The Morgan fingerprint density at radius 2 is 2.26 bits per heavy atom. The second-order valence-electron chi connectivity index (χ2n) is 5.10. The third kappa shape index (κ3) is 2.19. The lowest BCUT2D eigenvalue weighted by Gasteiger charge is -2.17. The number of aromatic nitrogens is 1. The largest absolute Gasteiger partial charge is 0.351 e. The third-order valence-corrected chi connectivity index (χ3v) is 3.50. The van der Waals surface area contributed by atoms with Crippen molar-refractivity contribution in [2.24, 2.45) is 0 Å². The zero-order valence-electron chi connectivity index (χ0n) is 10.8. The van der Waals surface area contributed by atoms with E-state index < -0.39 is 0 Å². The Labute approximate surface area is 111 Å². The maximum atomic E-state index is 12.4. The van der Waals surface area contributed by atoms with Gasteiger partial charge < -0.3 is 9.88 Å². The van der Waals surface area contributed by atoms with E-state index in [0.29, 0.717) is 5.69 Å². The van der Waals surface area contributed by atoms with Gasteiger partial charge in [0.1, 0.15) is 12.2 Å². The summed E-state index contributed by atoms with van der Waals surface area (Å²) in [7, 11) is 0. The molecule has 2 aromatic rings. The fourth-order valence-corrected chi connectivity index (χ4v) is 2.34. The number of H-pyrrole nitrogens is 1. The average Bonchev–Trinajstić information content (AvgIpc) is 3.14. The molecule has 1 fully saturated rings. The Hall–Kier alpha value is -2.28. The highest BCUT2D eigenvalue weighted by molar-refractivity contribution is 5.98. The topological polar surface area (TPSA) is 59.9 Å². The van der Waals surface area contributed by atoms with Crippen LogP contribution in [-0.2, 0) is 0 Å². The third-order valence-electron chi connectivity index (χ3n) is 3.50. The van der Waals surface area contributed by atoms with Crippen molar-refractivity contribution in [2.45, 2.75) is 25.8 Å². The van der Waals surface area contributed by atoms with Gasteiger partial charge in [-0.3, -0.25) is 4.79 Å². The van der Waals surface area contributed by atoms with Crippen LogP contribution in [0.2, 0.25) is 0 Å². The van der Waals surface area contributed by atoms with Crippen LogP contribution in [0.5, 0.6) is 0 Å². The van der Waals surface area contributed by atoms with Gasteiger partial charge in [0, 0.05) is 16.9 Å². The van der Waals surface area contributed by atoms with E-state index in [1.54, 1.807) is 4.90 Å². The Bertz CT molecular complexity index is 676. The zero-order valence-corrected chi connectivity index (χ0v) is 10.8. The molecule has 0 aliphatic heterocycles. The summed E-state index contributed by atoms with van der Waals surface area (Å²) in [6, 6.07) is 10.2. The standard InChI is InChI=1S/C15H15N3O/c1-10-2-3-11-9-14(17-13(11)8-10)15(19)18(7-6-16)12-4-5-12/h2-3,8-9,12,17H,4-5,7H2,1H3. The molecule has 1 saturated carbocycles. The van der Waals surface area contributed by atoms with E-state index in [-0.39, 0.29) is 18.5 Å². The van der Waals surface area contributed by atoms with E-state index >= 15 is 0 Å². The molecule has 1 amide bonds. The number of nitrogens with one attached hydrogen (secondary N) is 1. The predicted molar refractivity (Wildman–Crippen MR) is 72.7 cm³/mol. The van der Waals surface area contributed by atoms with Gasteiger partial charge >= 0.3 is 0 Å². The summed E-state index contributed by atoms with van der Waals surface area (Å²) in [5, 5.41) is 9.86. The van der Waals surface area contributed by atoms with Crippen LogP contribution in [0, 0.1) is 18.3 Å². The number of benzene rings is 1. The lowest BCUT2D eigenvalue weighted by Crippen LogP contribution is -2.33. The summed E-state index contributed by atoms with van der Waals surface area (Å²) in [6.07, 6.45) is 2.01. The van der Waals surface area contributed by atoms with Crippen molar-refractivity contribution in [2.75, 3.05) is 6.54 Å². The molecule has 0 unspecified atom stereocenters. The predicted octanol–water partition coefficient (Wildman–Crippen LogP) is 2.60. The van der Waals surface area contributed by atoms with Gasteiger partial charge in [0.05, 0.1) is 6.07 Å². The minimum Gasteiger partial charge on any atom is -0.351 e. The summed E-state index contributed by atoms with van der Waals surface area (Å²) in [5.74, 6) is -0.0714. The monoisotopic (exact) mass is 253 g/mol. The molecule has 0 saturated heterocycles. The summed E-state index contributed by atoms with van der Waals surface area (Å²) in [6.45, 7) is 2.19. The number of aryl methyl sites for hydroxylation is 1. The van der Waals surface area contributed by atoms with Gasteiger partial charge in [-0.25, -0.2) is 0 Å². The number of nitrogens with zero attached hydrogens (tertiary/aromatic N) is 2. The Balaban J connectivity index is 1.94. The molecule has 0 radical (unpaired) electrons. The minimum absolute atomic E-state index is 0.0714. The molecule has 3 rings (SSSR count). The number of carbonyl (C=O) groups excluding carboxylic acids is 1. The van der Waals surface area contributed by atoms with Crippen molar-refractivity contribution in [1.29, 1.82) is 5.26 Å². The van der Waals surface area contributed by atoms with Crippen molar-refractivity contribution < 1.29 is 4.79 Å². The van der Waals surface area contributed by atoms with Crippen LogP contribution in [0.4, 0.5) is 0 Å². The number of carbonyl (C=O) groups is 1. The van der Waals surface area contributed by atoms with E-state index in [9.17, 15) is 4.79 Å².